The highest BCUT2D eigenvalue weighted by atomic mass is 16.3. The van der Waals surface area contributed by atoms with E-state index in [1.807, 2.05) is 41.3 Å². The second-order valence-electron chi connectivity index (χ2n) is 7.41. The van der Waals surface area contributed by atoms with Crippen molar-refractivity contribution in [2.24, 2.45) is 0 Å². The molecule has 3 heterocycles. The summed E-state index contributed by atoms with van der Waals surface area (Å²) in [6.07, 6.45) is 2.77. The molecule has 5 heteroatoms. The van der Waals surface area contributed by atoms with E-state index in [2.05, 4.69) is 29.7 Å². The Morgan fingerprint density at radius 2 is 1.86 bits per heavy atom. The molecule has 1 fully saturated rings. The van der Waals surface area contributed by atoms with Gasteiger partial charge in [-0.25, -0.2) is 4.98 Å². The van der Waals surface area contributed by atoms with Gasteiger partial charge in [0.05, 0.1) is 11.0 Å². The average Bonchev–Trinajstić information content (AvgIpc) is 3.34. The summed E-state index contributed by atoms with van der Waals surface area (Å²) in [6, 6.07) is 18.3. The molecule has 1 aliphatic heterocycles. The van der Waals surface area contributed by atoms with Gasteiger partial charge in [-0.3, -0.25) is 4.79 Å². The SMILES string of the molecule is CCc1nc2ccccc2n1C1CCN(C(=O)c2cc3ccccc3o2)CC1. The van der Waals surface area contributed by atoms with E-state index < -0.39 is 0 Å². The van der Waals surface area contributed by atoms with Crippen molar-refractivity contribution in [3.05, 3.63) is 66.2 Å². The van der Waals surface area contributed by atoms with Crippen LogP contribution in [0.1, 0.15) is 42.2 Å². The predicted molar refractivity (Wildman–Crippen MR) is 109 cm³/mol. The molecule has 0 spiro atoms. The fourth-order valence-electron chi connectivity index (χ4n) is 4.32. The van der Waals surface area contributed by atoms with E-state index in [-0.39, 0.29) is 5.91 Å². The highest BCUT2D eigenvalue weighted by molar-refractivity contribution is 5.96. The van der Waals surface area contributed by atoms with Crippen molar-refractivity contribution >= 4 is 27.9 Å². The van der Waals surface area contributed by atoms with E-state index in [0.29, 0.717) is 11.8 Å². The number of fused-ring (bicyclic) bond motifs is 2. The monoisotopic (exact) mass is 373 g/mol. The number of piperidine rings is 1. The Morgan fingerprint density at radius 3 is 2.64 bits per heavy atom. The van der Waals surface area contributed by atoms with Gasteiger partial charge in [0, 0.05) is 30.9 Å². The number of aryl methyl sites for hydroxylation is 1. The first-order chi connectivity index (χ1) is 13.7. The molecular formula is C23H23N3O2. The molecule has 0 aliphatic carbocycles. The van der Waals surface area contributed by atoms with E-state index in [4.69, 9.17) is 9.40 Å². The molecule has 28 heavy (non-hydrogen) atoms. The van der Waals surface area contributed by atoms with E-state index in [1.165, 1.54) is 5.52 Å². The summed E-state index contributed by atoms with van der Waals surface area (Å²) in [7, 11) is 0. The van der Waals surface area contributed by atoms with Crippen molar-refractivity contribution in [3.63, 3.8) is 0 Å². The molecule has 1 aliphatic rings. The normalized spacial score (nSPS) is 15.5. The number of para-hydroxylation sites is 3. The fraction of sp³-hybridized carbons (Fsp3) is 0.304. The summed E-state index contributed by atoms with van der Waals surface area (Å²) >= 11 is 0. The van der Waals surface area contributed by atoms with Gasteiger partial charge in [0.15, 0.2) is 5.76 Å². The lowest BCUT2D eigenvalue weighted by Gasteiger charge is -2.33. The largest absolute Gasteiger partial charge is 0.451 e. The molecular weight excluding hydrogens is 350 g/mol. The minimum absolute atomic E-state index is 0.0131. The van der Waals surface area contributed by atoms with Crippen LogP contribution in [0.15, 0.2) is 59.0 Å². The van der Waals surface area contributed by atoms with Crippen LogP contribution in [0.25, 0.3) is 22.0 Å². The number of carbonyl (C=O) groups excluding carboxylic acids is 1. The number of benzene rings is 2. The lowest BCUT2D eigenvalue weighted by molar-refractivity contribution is 0.0665. The molecule has 5 nitrogen and oxygen atoms in total. The highest BCUT2D eigenvalue weighted by Crippen LogP contribution is 2.30. The Kier molecular flexibility index (Phi) is 4.15. The molecule has 0 radical (unpaired) electrons. The molecule has 0 atom stereocenters. The maximum Gasteiger partial charge on any atom is 0.289 e. The first-order valence-corrected chi connectivity index (χ1v) is 9.98. The second-order valence-corrected chi connectivity index (χ2v) is 7.41. The maximum absolute atomic E-state index is 12.9. The molecule has 0 unspecified atom stereocenters. The lowest BCUT2D eigenvalue weighted by atomic mass is 10.0. The molecule has 2 aromatic heterocycles. The number of imidazole rings is 1. The van der Waals surface area contributed by atoms with Crippen LogP contribution in [-0.2, 0) is 6.42 Å². The Balaban J connectivity index is 1.36. The third-order valence-corrected chi connectivity index (χ3v) is 5.74. The van der Waals surface area contributed by atoms with Crippen LogP contribution in [0.4, 0.5) is 0 Å². The quantitative estimate of drug-likeness (QED) is 0.517. The summed E-state index contributed by atoms with van der Waals surface area (Å²) in [5.74, 6) is 1.55. The number of amides is 1. The van der Waals surface area contributed by atoms with E-state index in [9.17, 15) is 4.79 Å². The van der Waals surface area contributed by atoms with Crippen LogP contribution in [0.3, 0.4) is 0 Å². The van der Waals surface area contributed by atoms with Crippen molar-refractivity contribution in [2.45, 2.75) is 32.2 Å². The molecule has 142 valence electrons. The Bertz CT molecular complexity index is 1120. The van der Waals surface area contributed by atoms with Crippen LogP contribution in [0.2, 0.25) is 0 Å². The second kappa shape index (κ2) is 6.82. The van der Waals surface area contributed by atoms with Crippen molar-refractivity contribution in [3.8, 4) is 0 Å². The maximum atomic E-state index is 12.9. The average molecular weight is 373 g/mol. The first kappa shape index (κ1) is 17.0. The van der Waals surface area contributed by atoms with Gasteiger partial charge in [-0.1, -0.05) is 37.3 Å². The molecule has 4 aromatic rings. The van der Waals surface area contributed by atoms with Gasteiger partial charge < -0.3 is 13.9 Å². The summed E-state index contributed by atoms with van der Waals surface area (Å²) in [4.78, 5) is 19.6. The van der Waals surface area contributed by atoms with Crippen molar-refractivity contribution < 1.29 is 9.21 Å². The number of aromatic nitrogens is 2. The molecule has 1 saturated heterocycles. The molecule has 0 bridgehead atoms. The third-order valence-electron chi connectivity index (χ3n) is 5.74. The topological polar surface area (TPSA) is 51.3 Å². The summed E-state index contributed by atoms with van der Waals surface area (Å²) in [5, 5.41) is 0.971. The number of hydrogen-bond acceptors (Lipinski definition) is 3. The standard InChI is InChI=1S/C23H23N3O2/c1-2-22-24-18-8-4-5-9-19(18)26(22)17-11-13-25(14-12-17)23(27)21-15-16-7-3-6-10-20(16)28-21/h3-10,15,17H,2,11-14H2,1H3. The van der Waals surface area contributed by atoms with Gasteiger partial charge in [-0.15, -0.1) is 0 Å². The number of carbonyl (C=O) groups is 1. The van der Waals surface area contributed by atoms with Crippen LogP contribution in [0.5, 0.6) is 0 Å². The van der Waals surface area contributed by atoms with Gasteiger partial charge in [-0.2, -0.15) is 0 Å². The highest BCUT2D eigenvalue weighted by Gasteiger charge is 2.28. The number of hydrogen-bond donors (Lipinski definition) is 0. The Morgan fingerprint density at radius 1 is 1.11 bits per heavy atom. The molecule has 0 saturated carbocycles. The first-order valence-electron chi connectivity index (χ1n) is 9.98. The van der Waals surface area contributed by atoms with Gasteiger partial charge >= 0.3 is 0 Å². The summed E-state index contributed by atoms with van der Waals surface area (Å²) in [5.41, 5.74) is 3.01. The van der Waals surface area contributed by atoms with Gasteiger partial charge in [0.1, 0.15) is 11.4 Å². The van der Waals surface area contributed by atoms with E-state index >= 15 is 0 Å². The van der Waals surface area contributed by atoms with Crippen molar-refractivity contribution in [1.29, 1.82) is 0 Å². The minimum atomic E-state index is -0.0131. The smallest absolute Gasteiger partial charge is 0.289 e. The van der Waals surface area contributed by atoms with E-state index in [0.717, 1.165) is 54.7 Å². The zero-order valence-electron chi connectivity index (χ0n) is 16.0. The summed E-state index contributed by atoms with van der Waals surface area (Å²) < 4.78 is 8.16. The number of rotatable bonds is 3. The Labute approximate surface area is 163 Å². The number of furan rings is 1. The van der Waals surface area contributed by atoms with Crippen molar-refractivity contribution in [1.82, 2.24) is 14.5 Å². The third kappa shape index (κ3) is 2.78. The fourth-order valence-corrected chi connectivity index (χ4v) is 4.32. The van der Waals surface area contributed by atoms with Gasteiger partial charge in [0.25, 0.3) is 5.91 Å². The predicted octanol–water partition coefficient (Wildman–Crippen LogP) is 4.82. The minimum Gasteiger partial charge on any atom is -0.451 e. The zero-order chi connectivity index (χ0) is 19.1. The number of nitrogens with zero attached hydrogens (tertiary/aromatic N) is 3. The number of likely N-dealkylation sites (tertiary alicyclic amines) is 1. The van der Waals surface area contributed by atoms with Gasteiger partial charge in [0.2, 0.25) is 0 Å². The van der Waals surface area contributed by atoms with Crippen molar-refractivity contribution in [2.75, 3.05) is 13.1 Å². The van der Waals surface area contributed by atoms with Crippen LogP contribution in [-0.4, -0.2) is 33.4 Å². The van der Waals surface area contributed by atoms with E-state index in [1.54, 1.807) is 0 Å². The zero-order valence-corrected chi connectivity index (χ0v) is 16.0. The molecule has 5 rings (SSSR count). The van der Waals surface area contributed by atoms with Crippen LogP contribution >= 0.6 is 0 Å². The molecule has 2 aromatic carbocycles. The molecule has 0 N–H and O–H groups in total. The van der Waals surface area contributed by atoms with Crippen LogP contribution in [0, 0.1) is 0 Å². The van der Waals surface area contributed by atoms with Crippen LogP contribution < -0.4 is 0 Å². The molecule has 1 amide bonds. The lowest BCUT2D eigenvalue weighted by Crippen LogP contribution is -2.39. The summed E-state index contributed by atoms with van der Waals surface area (Å²) in [6.45, 7) is 3.62. The van der Waals surface area contributed by atoms with Gasteiger partial charge in [-0.05, 0) is 37.1 Å². The Hall–Kier alpha value is -3.08.